The average molecular weight is 358 g/mol. The molecule has 7 nitrogen and oxygen atoms in total. The maximum atomic E-state index is 12.1. The molecule has 0 aromatic heterocycles. The second kappa shape index (κ2) is 9.41. The topological polar surface area (TPSA) is 90.7 Å². The van der Waals surface area contributed by atoms with E-state index in [1.165, 1.54) is 18.2 Å². The number of carbonyl (C=O) groups is 1. The van der Waals surface area contributed by atoms with Crippen LogP contribution in [0.4, 0.5) is 11.4 Å². The summed E-state index contributed by atoms with van der Waals surface area (Å²) in [4.78, 5) is 22.4. The number of carbonyl (C=O) groups excluding carboxylic acids is 1. The molecule has 138 valence electrons. The largest absolute Gasteiger partial charge is 0.490 e. The number of non-ortho nitro benzene ring substituents is 1. The maximum absolute atomic E-state index is 12.1. The summed E-state index contributed by atoms with van der Waals surface area (Å²) in [6.45, 7) is 4.87. The Morgan fingerprint density at radius 2 is 1.81 bits per heavy atom. The van der Waals surface area contributed by atoms with Crippen molar-refractivity contribution in [2.24, 2.45) is 0 Å². The van der Waals surface area contributed by atoms with Gasteiger partial charge in [-0.05, 0) is 44.0 Å². The molecule has 7 heteroatoms. The minimum absolute atomic E-state index is 0.0596. The van der Waals surface area contributed by atoms with E-state index in [-0.39, 0.29) is 18.0 Å². The fourth-order valence-electron chi connectivity index (χ4n) is 2.43. The van der Waals surface area contributed by atoms with E-state index < -0.39 is 4.92 Å². The Labute approximate surface area is 152 Å². The Morgan fingerprint density at radius 1 is 1.08 bits per heavy atom. The van der Waals surface area contributed by atoms with Crippen molar-refractivity contribution in [2.45, 2.75) is 26.7 Å². The molecule has 0 radical (unpaired) electrons. The van der Waals surface area contributed by atoms with E-state index in [2.05, 4.69) is 5.32 Å². The molecule has 1 N–H and O–H groups in total. The predicted octanol–water partition coefficient (Wildman–Crippen LogP) is 3.96. The fraction of sp³-hybridized carbons (Fsp3) is 0.316. The minimum Gasteiger partial charge on any atom is -0.490 e. The van der Waals surface area contributed by atoms with E-state index in [1.807, 2.05) is 32.0 Å². The SMILES string of the molecule is CCOc1ccc(CCC(=O)Nc2cccc([N+](=O)[O-])c2)cc1OCC. The van der Waals surface area contributed by atoms with Gasteiger partial charge in [-0.2, -0.15) is 0 Å². The van der Waals surface area contributed by atoms with Crippen LogP contribution in [-0.2, 0) is 11.2 Å². The Kier molecular flexibility index (Phi) is 6.96. The molecule has 0 aliphatic carbocycles. The van der Waals surface area contributed by atoms with Gasteiger partial charge in [0.05, 0.1) is 18.1 Å². The summed E-state index contributed by atoms with van der Waals surface area (Å²) in [5.74, 6) is 1.13. The van der Waals surface area contributed by atoms with Crippen molar-refractivity contribution in [3.05, 3.63) is 58.1 Å². The van der Waals surface area contributed by atoms with E-state index >= 15 is 0 Å². The quantitative estimate of drug-likeness (QED) is 0.541. The van der Waals surface area contributed by atoms with Crippen LogP contribution in [0.2, 0.25) is 0 Å². The van der Waals surface area contributed by atoms with Gasteiger partial charge in [-0.1, -0.05) is 12.1 Å². The van der Waals surface area contributed by atoms with E-state index in [1.54, 1.807) is 6.07 Å². The number of anilines is 1. The normalized spacial score (nSPS) is 10.2. The monoisotopic (exact) mass is 358 g/mol. The lowest BCUT2D eigenvalue weighted by Crippen LogP contribution is -2.12. The van der Waals surface area contributed by atoms with E-state index in [4.69, 9.17) is 9.47 Å². The number of amides is 1. The average Bonchev–Trinajstić information content (AvgIpc) is 2.62. The highest BCUT2D eigenvalue weighted by molar-refractivity contribution is 5.91. The standard InChI is InChI=1S/C19H22N2O5/c1-3-25-17-10-8-14(12-18(17)26-4-2)9-11-19(22)20-15-6-5-7-16(13-15)21(23)24/h5-8,10,12-13H,3-4,9,11H2,1-2H3,(H,20,22). The number of nitro benzene ring substituents is 1. The van der Waals surface area contributed by atoms with Gasteiger partial charge in [-0.15, -0.1) is 0 Å². The number of nitrogens with zero attached hydrogens (tertiary/aromatic N) is 1. The van der Waals surface area contributed by atoms with Crippen LogP contribution in [-0.4, -0.2) is 24.0 Å². The van der Waals surface area contributed by atoms with Crippen molar-refractivity contribution in [1.29, 1.82) is 0 Å². The zero-order valence-corrected chi connectivity index (χ0v) is 14.9. The van der Waals surface area contributed by atoms with E-state index in [0.717, 1.165) is 5.56 Å². The van der Waals surface area contributed by atoms with Crippen molar-refractivity contribution in [2.75, 3.05) is 18.5 Å². The Bertz CT molecular complexity index is 776. The first kappa shape index (κ1) is 19.2. The highest BCUT2D eigenvalue weighted by Gasteiger charge is 2.10. The maximum Gasteiger partial charge on any atom is 0.271 e. The minimum atomic E-state index is -0.495. The van der Waals surface area contributed by atoms with Crippen molar-refractivity contribution < 1.29 is 19.2 Å². The predicted molar refractivity (Wildman–Crippen MR) is 98.8 cm³/mol. The van der Waals surface area contributed by atoms with Crippen molar-refractivity contribution >= 4 is 17.3 Å². The Hall–Kier alpha value is -3.09. The van der Waals surface area contributed by atoms with Gasteiger partial charge in [0.15, 0.2) is 11.5 Å². The summed E-state index contributed by atoms with van der Waals surface area (Å²) >= 11 is 0. The molecule has 0 saturated heterocycles. The van der Waals surface area contributed by atoms with Crippen LogP contribution in [0.1, 0.15) is 25.8 Å². The van der Waals surface area contributed by atoms with Gasteiger partial charge >= 0.3 is 0 Å². The molecule has 0 bridgehead atoms. The molecule has 2 aromatic carbocycles. The second-order valence-electron chi connectivity index (χ2n) is 5.50. The number of nitrogens with one attached hydrogen (secondary N) is 1. The third kappa shape index (κ3) is 5.47. The lowest BCUT2D eigenvalue weighted by atomic mass is 10.1. The molecule has 0 spiro atoms. The highest BCUT2D eigenvalue weighted by Crippen LogP contribution is 2.29. The zero-order chi connectivity index (χ0) is 18.9. The van der Waals surface area contributed by atoms with Crippen molar-refractivity contribution in [3.63, 3.8) is 0 Å². The number of hydrogen-bond acceptors (Lipinski definition) is 5. The first-order chi connectivity index (χ1) is 12.5. The van der Waals surface area contributed by atoms with Crippen LogP contribution in [0, 0.1) is 10.1 Å². The van der Waals surface area contributed by atoms with Crippen LogP contribution in [0.15, 0.2) is 42.5 Å². The third-order valence-corrected chi connectivity index (χ3v) is 3.59. The molecular weight excluding hydrogens is 336 g/mol. The number of ether oxygens (including phenoxy) is 2. The molecule has 1 amide bonds. The Balaban J connectivity index is 1.97. The van der Waals surface area contributed by atoms with Crippen molar-refractivity contribution in [1.82, 2.24) is 0 Å². The zero-order valence-electron chi connectivity index (χ0n) is 14.9. The summed E-state index contributed by atoms with van der Waals surface area (Å²) in [6.07, 6.45) is 0.773. The number of rotatable bonds is 9. The lowest BCUT2D eigenvalue weighted by Gasteiger charge is -2.12. The van der Waals surface area contributed by atoms with Crippen LogP contribution >= 0.6 is 0 Å². The summed E-state index contributed by atoms with van der Waals surface area (Å²) in [7, 11) is 0. The Morgan fingerprint density at radius 3 is 2.50 bits per heavy atom. The molecule has 2 rings (SSSR count). The fourth-order valence-corrected chi connectivity index (χ4v) is 2.43. The van der Waals surface area contributed by atoms with Gasteiger partial charge < -0.3 is 14.8 Å². The van der Waals surface area contributed by atoms with Gasteiger partial charge in [-0.3, -0.25) is 14.9 Å². The van der Waals surface area contributed by atoms with Crippen LogP contribution in [0.25, 0.3) is 0 Å². The van der Waals surface area contributed by atoms with E-state index in [0.29, 0.717) is 36.8 Å². The first-order valence-electron chi connectivity index (χ1n) is 8.46. The number of benzene rings is 2. The molecule has 0 saturated carbocycles. The summed E-state index contributed by atoms with van der Waals surface area (Å²) in [5.41, 5.74) is 1.30. The molecule has 0 aliphatic heterocycles. The first-order valence-corrected chi connectivity index (χ1v) is 8.46. The molecule has 26 heavy (non-hydrogen) atoms. The molecule has 0 atom stereocenters. The number of aryl methyl sites for hydroxylation is 1. The summed E-state index contributed by atoms with van der Waals surface area (Å²) in [6, 6.07) is 11.5. The van der Waals surface area contributed by atoms with Crippen LogP contribution in [0.3, 0.4) is 0 Å². The molecule has 0 unspecified atom stereocenters. The van der Waals surface area contributed by atoms with Crippen LogP contribution in [0.5, 0.6) is 11.5 Å². The van der Waals surface area contributed by atoms with Gasteiger partial charge in [0.1, 0.15) is 0 Å². The summed E-state index contributed by atoms with van der Waals surface area (Å²) in [5, 5.41) is 13.5. The molecular formula is C19H22N2O5. The smallest absolute Gasteiger partial charge is 0.271 e. The third-order valence-electron chi connectivity index (χ3n) is 3.59. The molecule has 0 aliphatic rings. The summed E-state index contributed by atoms with van der Waals surface area (Å²) < 4.78 is 11.1. The molecule has 0 fully saturated rings. The highest BCUT2D eigenvalue weighted by atomic mass is 16.6. The van der Waals surface area contributed by atoms with Gasteiger partial charge in [0.25, 0.3) is 5.69 Å². The second-order valence-corrected chi connectivity index (χ2v) is 5.50. The number of nitro groups is 1. The number of hydrogen-bond donors (Lipinski definition) is 1. The van der Waals surface area contributed by atoms with Gasteiger partial charge in [0.2, 0.25) is 5.91 Å². The molecule has 2 aromatic rings. The van der Waals surface area contributed by atoms with Gasteiger partial charge in [-0.25, -0.2) is 0 Å². The molecule has 0 heterocycles. The van der Waals surface area contributed by atoms with Gasteiger partial charge in [0, 0.05) is 24.2 Å². The van der Waals surface area contributed by atoms with Crippen LogP contribution < -0.4 is 14.8 Å². The van der Waals surface area contributed by atoms with Crippen molar-refractivity contribution in [3.8, 4) is 11.5 Å². The van der Waals surface area contributed by atoms with E-state index in [9.17, 15) is 14.9 Å². The lowest BCUT2D eigenvalue weighted by molar-refractivity contribution is -0.384.